The lowest BCUT2D eigenvalue weighted by Gasteiger charge is -2.25. The van der Waals surface area contributed by atoms with Crippen LogP contribution in [0, 0.1) is 13.8 Å². The largest absolute Gasteiger partial charge is 0.313 e. The number of hydrogen-bond acceptors (Lipinski definition) is 3. The zero-order chi connectivity index (χ0) is 10.1. The first-order valence-electron chi connectivity index (χ1n) is 5.23. The van der Waals surface area contributed by atoms with Crippen LogP contribution in [-0.2, 0) is 6.42 Å². The molecule has 0 saturated heterocycles. The SMILES string of the molecule is CNC1CCCc2nc(C)nc(C)c21. The van der Waals surface area contributed by atoms with Crippen LogP contribution in [0.2, 0.25) is 0 Å². The molecule has 1 aliphatic carbocycles. The van der Waals surface area contributed by atoms with Crippen LogP contribution in [0.1, 0.15) is 41.7 Å². The standard InChI is InChI=1S/C11H17N3/c1-7-11-9(12-3)5-4-6-10(11)14-8(2)13-7/h9,12H,4-6H2,1-3H3. The van der Waals surface area contributed by atoms with Crippen molar-refractivity contribution < 1.29 is 0 Å². The second kappa shape index (κ2) is 3.65. The average Bonchev–Trinajstić information content (AvgIpc) is 2.16. The Hall–Kier alpha value is -0.960. The van der Waals surface area contributed by atoms with Gasteiger partial charge in [-0.05, 0) is 40.2 Å². The van der Waals surface area contributed by atoms with Gasteiger partial charge in [0.2, 0.25) is 0 Å². The van der Waals surface area contributed by atoms with E-state index in [2.05, 4.69) is 22.2 Å². The van der Waals surface area contributed by atoms with Crippen LogP contribution in [0.3, 0.4) is 0 Å². The molecule has 0 fully saturated rings. The Morgan fingerprint density at radius 1 is 1.29 bits per heavy atom. The van der Waals surface area contributed by atoms with Crippen LogP contribution in [0.15, 0.2) is 0 Å². The minimum atomic E-state index is 0.458. The molecule has 0 saturated carbocycles. The molecule has 14 heavy (non-hydrogen) atoms. The summed E-state index contributed by atoms with van der Waals surface area (Å²) in [5, 5.41) is 3.34. The Morgan fingerprint density at radius 3 is 2.79 bits per heavy atom. The van der Waals surface area contributed by atoms with Gasteiger partial charge in [-0.25, -0.2) is 9.97 Å². The van der Waals surface area contributed by atoms with Crippen molar-refractivity contribution in [1.82, 2.24) is 15.3 Å². The van der Waals surface area contributed by atoms with Crippen LogP contribution < -0.4 is 5.32 Å². The van der Waals surface area contributed by atoms with E-state index in [-0.39, 0.29) is 0 Å². The maximum atomic E-state index is 4.52. The van der Waals surface area contributed by atoms with Gasteiger partial charge in [0.15, 0.2) is 0 Å². The molecule has 0 bridgehead atoms. The van der Waals surface area contributed by atoms with Gasteiger partial charge in [-0.1, -0.05) is 0 Å². The molecule has 1 aromatic heterocycles. The fourth-order valence-corrected chi connectivity index (χ4v) is 2.34. The van der Waals surface area contributed by atoms with E-state index in [0.717, 1.165) is 17.9 Å². The molecule has 3 heteroatoms. The quantitative estimate of drug-likeness (QED) is 0.734. The van der Waals surface area contributed by atoms with Gasteiger partial charge in [0.05, 0.1) is 0 Å². The summed E-state index contributed by atoms with van der Waals surface area (Å²) >= 11 is 0. The summed E-state index contributed by atoms with van der Waals surface area (Å²) < 4.78 is 0. The Morgan fingerprint density at radius 2 is 2.07 bits per heavy atom. The molecule has 0 aromatic carbocycles. The third-order valence-electron chi connectivity index (χ3n) is 2.93. The predicted octanol–water partition coefficient (Wildman–Crippen LogP) is 1.69. The normalized spacial score (nSPS) is 20.6. The monoisotopic (exact) mass is 191 g/mol. The number of aryl methyl sites for hydroxylation is 3. The van der Waals surface area contributed by atoms with Gasteiger partial charge in [-0.2, -0.15) is 0 Å². The first-order chi connectivity index (χ1) is 6.72. The Labute approximate surface area is 85.0 Å². The summed E-state index contributed by atoms with van der Waals surface area (Å²) in [6.45, 7) is 4.06. The molecule has 0 amide bonds. The number of rotatable bonds is 1. The van der Waals surface area contributed by atoms with Crippen LogP contribution in [0.5, 0.6) is 0 Å². The van der Waals surface area contributed by atoms with E-state index >= 15 is 0 Å². The van der Waals surface area contributed by atoms with E-state index in [9.17, 15) is 0 Å². The Balaban J connectivity index is 2.51. The van der Waals surface area contributed by atoms with E-state index in [1.807, 2.05) is 14.0 Å². The smallest absolute Gasteiger partial charge is 0.125 e. The van der Waals surface area contributed by atoms with Gasteiger partial charge in [0.25, 0.3) is 0 Å². The highest BCUT2D eigenvalue weighted by atomic mass is 14.9. The van der Waals surface area contributed by atoms with Crippen LogP contribution >= 0.6 is 0 Å². The summed E-state index contributed by atoms with van der Waals surface area (Å²) in [5.41, 5.74) is 3.73. The maximum absolute atomic E-state index is 4.52. The summed E-state index contributed by atoms with van der Waals surface area (Å²) in [6, 6.07) is 0.458. The second-order valence-corrected chi connectivity index (χ2v) is 3.95. The molecule has 3 nitrogen and oxygen atoms in total. The molecule has 1 heterocycles. The Kier molecular flexibility index (Phi) is 2.50. The lowest BCUT2D eigenvalue weighted by molar-refractivity contribution is 0.483. The van der Waals surface area contributed by atoms with Crippen molar-refractivity contribution in [2.24, 2.45) is 0 Å². The highest BCUT2D eigenvalue weighted by molar-refractivity contribution is 5.30. The van der Waals surface area contributed by atoms with E-state index < -0.39 is 0 Å². The van der Waals surface area contributed by atoms with Crippen molar-refractivity contribution >= 4 is 0 Å². The van der Waals surface area contributed by atoms with E-state index in [1.54, 1.807) is 0 Å². The molecule has 1 aromatic rings. The Bertz CT molecular complexity index is 347. The molecule has 0 spiro atoms. The van der Waals surface area contributed by atoms with Gasteiger partial charge in [-0.15, -0.1) is 0 Å². The first kappa shape index (κ1) is 9.59. The molecule has 1 atom stereocenters. The highest BCUT2D eigenvalue weighted by Gasteiger charge is 2.22. The fraction of sp³-hybridized carbons (Fsp3) is 0.636. The number of nitrogens with one attached hydrogen (secondary N) is 1. The topological polar surface area (TPSA) is 37.8 Å². The van der Waals surface area contributed by atoms with Crippen molar-refractivity contribution in [2.45, 2.75) is 39.2 Å². The van der Waals surface area contributed by atoms with E-state index in [4.69, 9.17) is 0 Å². The van der Waals surface area contributed by atoms with Crippen LogP contribution in [0.4, 0.5) is 0 Å². The zero-order valence-corrected chi connectivity index (χ0v) is 9.09. The second-order valence-electron chi connectivity index (χ2n) is 3.95. The van der Waals surface area contributed by atoms with Crippen molar-refractivity contribution in [3.05, 3.63) is 22.8 Å². The summed E-state index contributed by atoms with van der Waals surface area (Å²) in [7, 11) is 2.01. The van der Waals surface area contributed by atoms with Crippen molar-refractivity contribution in [3.8, 4) is 0 Å². The van der Waals surface area contributed by atoms with Gasteiger partial charge in [-0.3, -0.25) is 0 Å². The summed E-state index contributed by atoms with van der Waals surface area (Å²) in [6.07, 6.45) is 3.54. The van der Waals surface area contributed by atoms with Crippen LogP contribution in [-0.4, -0.2) is 17.0 Å². The maximum Gasteiger partial charge on any atom is 0.125 e. The lowest BCUT2D eigenvalue weighted by atomic mass is 9.90. The summed E-state index contributed by atoms with van der Waals surface area (Å²) in [5.74, 6) is 0.901. The molecule has 0 radical (unpaired) electrons. The number of fused-ring (bicyclic) bond motifs is 1. The van der Waals surface area contributed by atoms with Crippen molar-refractivity contribution in [2.75, 3.05) is 7.05 Å². The zero-order valence-electron chi connectivity index (χ0n) is 9.09. The van der Waals surface area contributed by atoms with Gasteiger partial charge in [0, 0.05) is 23.0 Å². The molecule has 2 rings (SSSR count). The fourth-order valence-electron chi connectivity index (χ4n) is 2.34. The van der Waals surface area contributed by atoms with E-state index in [0.29, 0.717) is 6.04 Å². The third-order valence-corrected chi connectivity index (χ3v) is 2.93. The lowest BCUT2D eigenvalue weighted by Crippen LogP contribution is -2.24. The van der Waals surface area contributed by atoms with E-state index in [1.165, 1.54) is 24.1 Å². The van der Waals surface area contributed by atoms with Gasteiger partial charge >= 0.3 is 0 Å². The number of hydrogen-bond donors (Lipinski definition) is 1. The molecule has 1 unspecified atom stereocenters. The average molecular weight is 191 g/mol. The summed E-state index contributed by atoms with van der Waals surface area (Å²) in [4.78, 5) is 8.96. The molecule has 1 N–H and O–H groups in total. The molecular weight excluding hydrogens is 174 g/mol. The predicted molar refractivity (Wildman–Crippen MR) is 56.2 cm³/mol. The van der Waals surface area contributed by atoms with Gasteiger partial charge < -0.3 is 5.32 Å². The number of aromatic nitrogens is 2. The molecule has 0 aliphatic heterocycles. The highest BCUT2D eigenvalue weighted by Crippen LogP contribution is 2.29. The first-order valence-corrected chi connectivity index (χ1v) is 5.23. The molecule has 76 valence electrons. The van der Waals surface area contributed by atoms with Gasteiger partial charge in [0.1, 0.15) is 5.82 Å². The molecular formula is C11H17N3. The minimum Gasteiger partial charge on any atom is -0.313 e. The van der Waals surface area contributed by atoms with Crippen molar-refractivity contribution in [1.29, 1.82) is 0 Å². The third kappa shape index (κ3) is 1.52. The molecule has 1 aliphatic rings. The van der Waals surface area contributed by atoms with Crippen LogP contribution in [0.25, 0.3) is 0 Å². The minimum absolute atomic E-state index is 0.458. The van der Waals surface area contributed by atoms with Crippen molar-refractivity contribution in [3.63, 3.8) is 0 Å². The number of nitrogens with zero attached hydrogens (tertiary/aromatic N) is 2.